The molecule has 1 aromatic heterocycles. The quantitative estimate of drug-likeness (QED) is 0.702. The largest absolute Gasteiger partial charge is 0.480 e. The van der Waals surface area contributed by atoms with Crippen LogP contribution in [-0.2, 0) is 4.79 Å². The Morgan fingerprint density at radius 3 is 2.62 bits per heavy atom. The van der Waals surface area contributed by atoms with Crippen LogP contribution < -0.4 is 10.6 Å². The Morgan fingerprint density at radius 1 is 1.21 bits per heavy atom. The third-order valence-electron chi connectivity index (χ3n) is 3.44. The van der Waals surface area contributed by atoms with Gasteiger partial charge < -0.3 is 15.7 Å². The smallest absolute Gasteiger partial charge is 0.322 e. The topological polar surface area (TPSA) is 87.1 Å². The van der Waals surface area contributed by atoms with Crippen LogP contribution in [0.4, 0.5) is 30.6 Å². The molecule has 0 bridgehead atoms. The van der Waals surface area contributed by atoms with E-state index in [1.165, 1.54) is 0 Å². The second kappa shape index (κ2) is 6.34. The molecule has 0 amide bonds. The summed E-state index contributed by atoms with van der Waals surface area (Å²) in [4.78, 5) is 18.9. The SMILES string of the molecule is O=C(O)CNc1nc(Nc2ccc(F)c(F)c2F)cc(C2CC2)n1. The van der Waals surface area contributed by atoms with E-state index in [2.05, 4.69) is 20.6 Å². The molecule has 0 saturated heterocycles. The van der Waals surface area contributed by atoms with Gasteiger partial charge in [-0.1, -0.05) is 0 Å². The summed E-state index contributed by atoms with van der Waals surface area (Å²) in [7, 11) is 0. The van der Waals surface area contributed by atoms with E-state index in [1.54, 1.807) is 6.07 Å². The Bertz CT molecular complexity index is 797. The lowest BCUT2D eigenvalue weighted by atomic mass is 10.2. The molecule has 1 aliphatic carbocycles. The number of anilines is 3. The second-order valence-corrected chi connectivity index (χ2v) is 5.37. The van der Waals surface area contributed by atoms with Gasteiger partial charge in [-0.15, -0.1) is 0 Å². The Kier molecular flexibility index (Phi) is 4.24. The van der Waals surface area contributed by atoms with Gasteiger partial charge in [-0.3, -0.25) is 4.79 Å². The van der Waals surface area contributed by atoms with Gasteiger partial charge in [0, 0.05) is 12.0 Å². The van der Waals surface area contributed by atoms with Crippen LogP contribution in [0.25, 0.3) is 0 Å². The Morgan fingerprint density at radius 2 is 1.96 bits per heavy atom. The van der Waals surface area contributed by atoms with Crippen LogP contribution in [-0.4, -0.2) is 27.6 Å². The number of hydrogen-bond donors (Lipinski definition) is 3. The lowest BCUT2D eigenvalue weighted by molar-refractivity contribution is -0.134. The van der Waals surface area contributed by atoms with E-state index in [1.807, 2.05) is 0 Å². The van der Waals surface area contributed by atoms with Gasteiger partial charge in [-0.2, -0.15) is 4.98 Å². The molecule has 24 heavy (non-hydrogen) atoms. The van der Waals surface area contributed by atoms with E-state index < -0.39 is 23.4 Å². The predicted molar refractivity (Wildman–Crippen MR) is 79.7 cm³/mol. The Balaban J connectivity index is 1.89. The van der Waals surface area contributed by atoms with Crippen molar-refractivity contribution >= 4 is 23.4 Å². The zero-order chi connectivity index (χ0) is 17.3. The van der Waals surface area contributed by atoms with Crippen LogP contribution in [0.15, 0.2) is 18.2 Å². The maximum absolute atomic E-state index is 13.8. The van der Waals surface area contributed by atoms with Crippen molar-refractivity contribution in [2.75, 3.05) is 17.2 Å². The van der Waals surface area contributed by atoms with Gasteiger partial charge in [0.1, 0.15) is 12.4 Å². The summed E-state index contributed by atoms with van der Waals surface area (Å²) in [5.74, 6) is -4.87. The molecule has 1 fully saturated rings. The van der Waals surface area contributed by atoms with Crippen LogP contribution in [0.1, 0.15) is 24.5 Å². The standard InChI is InChI=1S/C15H13F3N4O2/c16-8-3-4-9(14(18)13(8)17)20-11-5-10(7-1-2-7)21-15(22-11)19-6-12(23)24/h3-5,7H,1-2,6H2,(H,23,24)(H2,19,20,21,22). The fraction of sp³-hybridized carbons (Fsp3) is 0.267. The normalized spacial score (nSPS) is 13.6. The number of nitrogens with one attached hydrogen (secondary N) is 2. The molecule has 1 aromatic carbocycles. The molecule has 9 heteroatoms. The molecule has 126 valence electrons. The molecule has 1 heterocycles. The summed E-state index contributed by atoms with van der Waals surface area (Å²) >= 11 is 0. The molecule has 3 rings (SSSR count). The highest BCUT2D eigenvalue weighted by Gasteiger charge is 2.26. The number of carboxylic acids is 1. The third-order valence-corrected chi connectivity index (χ3v) is 3.44. The van der Waals surface area contributed by atoms with Crippen molar-refractivity contribution in [3.8, 4) is 0 Å². The van der Waals surface area contributed by atoms with Gasteiger partial charge in [0.15, 0.2) is 17.5 Å². The van der Waals surface area contributed by atoms with E-state index in [0.29, 0.717) is 5.69 Å². The average Bonchev–Trinajstić information content (AvgIpc) is 3.38. The molecular weight excluding hydrogens is 325 g/mol. The van der Waals surface area contributed by atoms with Gasteiger partial charge in [-0.05, 0) is 25.0 Å². The van der Waals surface area contributed by atoms with Crippen LogP contribution in [0.2, 0.25) is 0 Å². The minimum atomic E-state index is -1.58. The summed E-state index contributed by atoms with van der Waals surface area (Å²) in [6.07, 6.45) is 1.88. The van der Waals surface area contributed by atoms with Crippen LogP contribution in [0.5, 0.6) is 0 Å². The summed E-state index contributed by atoms with van der Waals surface area (Å²) in [6.45, 7) is -0.382. The van der Waals surface area contributed by atoms with E-state index in [0.717, 1.165) is 25.0 Å². The maximum atomic E-state index is 13.8. The Hall–Kier alpha value is -2.84. The van der Waals surface area contributed by atoms with E-state index in [-0.39, 0.29) is 29.9 Å². The number of halogens is 3. The molecule has 0 spiro atoms. The molecule has 0 atom stereocenters. The van der Waals surface area contributed by atoms with Gasteiger partial charge >= 0.3 is 5.97 Å². The molecular formula is C15H13F3N4O2. The Labute approximate surface area is 134 Å². The molecule has 1 aliphatic rings. The molecule has 0 aliphatic heterocycles. The predicted octanol–water partition coefficient (Wildman–Crippen LogP) is 3.01. The molecule has 2 aromatic rings. The minimum absolute atomic E-state index is 0.0623. The zero-order valence-corrected chi connectivity index (χ0v) is 12.3. The number of carboxylic acid groups (broad SMARTS) is 1. The van der Waals surface area contributed by atoms with Crippen molar-refractivity contribution in [2.45, 2.75) is 18.8 Å². The summed E-state index contributed by atoms with van der Waals surface area (Å²) in [6, 6.07) is 3.43. The summed E-state index contributed by atoms with van der Waals surface area (Å²) < 4.78 is 40.0. The molecule has 0 radical (unpaired) electrons. The first-order chi connectivity index (χ1) is 11.4. The van der Waals surface area contributed by atoms with Gasteiger partial charge in [-0.25, -0.2) is 18.2 Å². The first-order valence-corrected chi connectivity index (χ1v) is 7.19. The average molecular weight is 338 g/mol. The van der Waals surface area contributed by atoms with Crippen molar-refractivity contribution in [3.05, 3.63) is 41.3 Å². The van der Waals surface area contributed by atoms with Crippen molar-refractivity contribution < 1.29 is 23.1 Å². The molecule has 3 N–H and O–H groups in total. The zero-order valence-electron chi connectivity index (χ0n) is 12.3. The first kappa shape index (κ1) is 16.0. The lowest BCUT2D eigenvalue weighted by Gasteiger charge is -2.11. The van der Waals surface area contributed by atoms with Gasteiger partial charge in [0.2, 0.25) is 5.95 Å². The van der Waals surface area contributed by atoms with Crippen LogP contribution >= 0.6 is 0 Å². The fourth-order valence-corrected chi connectivity index (χ4v) is 2.11. The van der Waals surface area contributed by atoms with Gasteiger partial charge in [0.25, 0.3) is 0 Å². The van der Waals surface area contributed by atoms with E-state index in [4.69, 9.17) is 5.11 Å². The highest BCUT2D eigenvalue weighted by molar-refractivity contribution is 5.72. The highest BCUT2D eigenvalue weighted by Crippen LogP contribution is 2.40. The maximum Gasteiger partial charge on any atom is 0.322 e. The van der Waals surface area contributed by atoms with E-state index in [9.17, 15) is 18.0 Å². The number of hydrogen-bond acceptors (Lipinski definition) is 5. The number of nitrogens with zero attached hydrogens (tertiary/aromatic N) is 2. The van der Waals surface area contributed by atoms with E-state index >= 15 is 0 Å². The molecule has 1 saturated carbocycles. The number of aliphatic carboxylic acids is 1. The second-order valence-electron chi connectivity index (χ2n) is 5.37. The fourth-order valence-electron chi connectivity index (χ4n) is 2.11. The molecule has 6 nitrogen and oxygen atoms in total. The third kappa shape index (κ3) is 3.55. The monoisotopic (exact) mass is 338 g/mol. The minimum Gasteiger partial charge on any atom is -0.480 e. The van der Waals surface area contributed by atoms with Crippen molar-refractivity contribution in [1.82, 2.24) is 9.97 Å². The number of rotatable bonds is 6. The summed E-state index contributed by atoms with van der Waals surface area (Å²) in [5.41, 5.74) is 0.391. The first-order valence-electron chi connectivity index (χ1n) is 7.19. The number of carbonyl (C=O) groups is 1. The van der Waals surface area contributed by atoms with Crippen molar-refractivity contribution in [2.24, 2.45) is 0 Å². The lowest BCUT2D eigenvalue weighted by Crippen LogP contribution is -2.15. The number of benzene rings is 1. The summed E-state index contributed by atoms with van der Waals surface area (Å²) in [5, 5.41) is 13.8. The number of aromatic nitrogens is 2. The van der Waals surface area contributed by atoms with Gasteiger partial charge in [0.05, 0.1) is 11.4 Å². The molecule has 0 unspecified atom stereocenters. The van der Waals surface area contributed by atoms with Crippen molar-refractivity contribution in [3.63, 3.8) is 0 Å². The van der Waals surface area contributed by atoms with Crippen molar-refractivity contribution in [1.29, 1.82) is 0 Å². The highest BCUT2D eigenvalue weighted by atomic mass is 19.2. The van der Waals surface area contributed by atoms with Crippen LogP contribution in [0, 0.1) is 17.5 Å². The van der Waals surface area contributed by atoms with Crippen LogP contribution in [0.3, 0.4) is 0 Å².